The van der Waals surface area contributed by atoms with Gasteiger partial charge in [0.05, 0.1) is 17.2 Å². The number of aromatic nitrogens is 1. The highest BCUT2D eigenvalue weighted by Gasteiger charge is 2.44. The van der Waals surface area contributed by atoms with Crippen LogP contribution in [0.1, 0.15) is 44.1 Å². The van der Waals surface area contributed by atoms with Crippen LogP contribution in [0.2, 0.25) is 0 Å². The molecule has 7 nitrogen and oxygen atoms in total. The molecule has 3 aromatic rings. The standard InChI is InChI=1S/C24H26FN3O4/c1-14-22(27(2)18-9-5-16(6-10-18)15-3-7-17(25)8-4-15)32-24(30)28(14)19-11-12-20-21(13-19)31-23(29)26-20/h3-4,7-8,11-14,16,18,22H,5-6,9-10H2,1-2H3,(H,26,29). The molecule has 2 aromatic carbocycles. The van der Waals surface area contributed by atoms with Gasteiger partial charge in [0.1, 0.15) is 5.82 Å². The lowest BCUT2D eigenvalue weighted by Gasteiger charge is -2.38. The van der Waals surface area contributed by atoms with E-state index in [1.165, 1.54) is 17.7 Å². The van der Waals surface area contributed by atoms with Crippen LogP contribution in [0.5, 0.6) is 0 Å². The number of amides is 1. The fourth-order valence-electron chi connectivity index (χ4n) is 5.16. The number of nitrogens with zero attached hydrogens (tertiary/aromatic N) is 2. The van der Waals surface area contributed by atoms with Crippen LogP contribution in [-0.2, 0) is 4.74 Å². The summed E-state index contributed by atoms with van der Waals surface area (Å²) in [5.41, 5.74) is 2.81. The summed E-state index contributed by atoms with van der Waals surface area (Å²) < 4.78 is 24.1. The molecule has 2 unspecified atom stereocenters. The maximum Gasteiger partial charge on any atom is 0.417 e. The quantitative estimate of drug-likeness (QED) is 0.643. The number of aromatic amines is 1. The summed E-state index contributed by atoms with van der Waals surface area (Å²) in [7, 11) is 2.01. The molecule has 2 heterocycles. The van der Waals surface area contributed by atoms with Gasteiger partial charge in [0.25, 0.3) is 0 Å². The summed E-state index contributed by atoms with van der Waals surface area (Å²) in [6, 6.07) is 12.1. The summed E-state index contributed by atoms with van der Waals surface area (Å²) in [5, 5.41) is 0. The number of anilines is 1. The van der Waals surface area contributed by atoms with Crippen LogP contribution in [0.15, 0.2) is 51.7 Å². The number of fused-ring (bicyclic) bond motifs is 1. The van der Waals surface area contributed by atoms with Gasteiger partial charge in [-0.15, -0.1) is 0 Å². The lowest BCUT2D eigenvalue weighted by molar-refractivity contribution is -0.0117. The van der Waals surface area contributed by atoms with Crippen molar-refractivity contribution in [1.29, 1.82) is 0 Å². The predicted octanol–water partition coefficient (Wildman–Crippen LogP) is 4.59. The first-order chi connectivity index (χ1) is 15.4. The molecule has 1 saturated heterocycles. The molecule has 5 rings (SSSR count). The smallest absolute Gasteiger partial charge is 0.417 e. The predicted molar refractivity (Wildman–Crippen MR) is 118 cm³/mol. The number of carbonyl (C=O) groups is 1. The van der Waals surface area contributed by atoms with Crippen LogP contribution in [-0.4, -0.2) is 41.3 Å². The van der Waals surface area contributed by atoms with E-state index in [0.29, 0.717) is 28.7 Å². The number of hydrogen-bond acceptors (Lipinski definition) is 5. The van der Waals surface area contributed by atoms with Gasteiger partial charge in [0.15, 0.2) is 11.8 Å². The first-order valence-electron chi connectivity index (χ1n) is 11.0. The number of rotatable bonds is 4. The molecule has 0 spiro atoms. The maximum atomic E-state index is 13.2. The number of nitrogens with one attached hydrogen (secondary N) is 1. The largest absolute Gasteiger partial charge is 0.428 e. The Morgan fingerprint density at radius 2 is 1.78 bits per heavy atom. The van der Waals surface area contributed by atoms with Gasteiger partial charge in [-0.2, -0.15) is 0 Å². The van der Waals surface area contributed by atoms with E-state index in [-0.39, 0.29) is 18.1 Å². The minimum absolute atomic E-state index is 0.203. The summed E-state index contributed by atoms with van der Waals surface area (Å²) in [6.07, 6.45) is 3.22. The zero-order chi connectivity index (χ0) is 22.4. The Hall–Kier alpha value is -3.13. The molecule has 1 amide bonds. The van der Waals surface area contributed by atoms with Crippen molar-refractivity contribution in [2.75, 3.05) is 11.9 Å². The summed E-state index contributed by atoms with van der Waals surface area (Å²) in [6.45, 7) is 1.97. The number of oxazole rings is 1. The highest BCUT2D eigenvalue weighted by Crippen LogP contribution is 2.37. The molecular weight excluding hydrogens is 413 g/mol. The van der Waals surface area contributed by atoms with Crippen molar-refractivity contribution < 1.29 is 18.3 Å². The number of H-pyrrole nitrogens is 1. The third-order valence-corrected chi connectivity index (χ3v) is 6.94. The van der Waals surface area contributed by atoms with E-state index >= 15 is 0 Å². The second-order valence-corrected chi connectivity index (χ2v) is 8.80. The maximum absolute atomic E-state index is 13.2. The molecule has 2 atom stereocenters. The highest BCUT2D eigenvalue weighted by molar-refractivity contribution is 5.92. The van der Waals surface area contributed by atoms with Crippen LogP contribution in [0.3, 0.4) is 0 Å². The fourth-order valence-corrected chi connectivity index (χ4v) is 5.16. The molecule has 1 saturated carbocycles. The van der Waals surface area contributed by atoms with Crippen LogP contribution in [0, 0.1) is 5.82 Å². The molecule has 1 aromatic heterocycles. The zero-order valence-corrected chi connectivity index (χ0v) is 18.1. The summed E-state index contributed by atoms with van der Waals surface area (Å²) >= 11 is 0. The Morgan fingerprint density at radius 3 is 2.50 bits per heavy atom. The highest BCUT2D eigenvalue weighted by atomic mass is 19.1. The molecule has 2 aliphatic rings. The first-order valence-corrected chi connectivity index (χ1v) is 11.0. The van der Waals surface area contributed by atoms with Crippen LogP contribution < -0.4 is 10.7 Å². The number of halogens is 1. The summed E-state index contributed by atoms with van der Waals surface area (Å²) in [4.78, 5) is 30.6. The molecule has 32 heavy (non-hydrogen) atoms. The average Bonchev–Trinajstić information content (AvgIpc) is 3.31. The van der Waals surface area contributed by atoms with E-state index < -0.39 is 11.8 Å². The second-order valence-electron chi connectivity index (χ2n) is 8.80. The third-order valence-electron chi connectivity index (χ3n) is 6.94. The number of cyclic esters (lactones) is 1. The van der Waals surface area contributed by atoms with Crippen molar-refractivity contribution in [1.82, 2.24) is 9.88 Å². The van der Waals surface area contributed by atoms with Gasteiger partial charge in [-0.1, -0.05) is 12.1 Å². The van der Waals surface area contributed by atoms with Crippen LogP contribution in [0.25, 0.3) is 11.1 Å². The van der Waals surface area contributed by atoms with Gasteiger partial charge in [0.2, 0.25) is 0 Å². The molecule has 8 heteroatoms. The lowest BCUT2D eigenvalue weighted by atomic mass is 9.81. The number of hydrogen-bond donors (Lipinski definition) is 1. The molecule has 168 valence electrons. The summed E-state index contributed by atoms with van der Waals surface area (Å²) in [5.74, 6) is -0.298. The van der Waals surface area contributed by atoms with Gasteiger partial charge in [0, 0.05) is 12.1 Å². The molecular formula is C24H26FN3O4. The SMILES string of the molecule is CC1C(N(C)C2CCC(c3ccc(F)cc3)CC2)OC(=O)N1c1ccc2[nH]c(=O)oc2c1. The number of likely N-dealkylation sites (N-methyl/N-ethyl adjacent to an activating group) is 1. The van der Waals surface area contributed by atoms with Crippen molar-refractivity contribution in [3.8, 4) is 0 Å². The molecule has 1 N–H and O–H groups in total. The van der Waals surface area contributed by atoms with E-state index in [1.54, 1.807) is 23.1 Å². The van der Waals surface area contributed by atoms with Crippen molar-refractivity contribution in [3.63, 3.8) is 0 Å². The van der Waals surface area contributed by atoms with Gasteiger partial charge in [-0.25, -0.2) is 14.0 Å². The molecule has 0 radical (unpaired) electrons. The van der Waals surface area contributed by atoms with Gasteiger partial charge >= 0.3 is 11.8 Å². The van der Waals surface area contributed by atoms with Gasteiger partial charge in [-0.05, 0) is 75.4 Å². The van der Waals surface area contributed by atoms with Crippen molar-refractivity contribution in [2.24, 2.45) is 0 Å². The molecule has 1 aliphatic carbocycles. The Labute approximate surface area is 184 Å². The lowest BCUT2D eigenvalue weighted by Crippen LogP contribution is -2.48. The number of carbonyl (C=O) groups excluding carboxylic acids is 1. The Kier molecular flexibility index (Phi) is 5.25. The molecule has 0 bridgehead atoms. The van der Waals surface area contributed by atoms with E-state index in [2.05, 4.69) is 9.88 Å². The van der Waals surface area contributed by atoms with Crippen LogP contribution in [0.4, 0.5) is 14.9 Å². The van der Waals surface area contributed by atoms with Crippen LogP contribution >= 0.6 is 0 Å². The fraction of sp³-hybridized carbons (Fsp3) is 0.417. The Bertz CT molecular complexity index is 1180. The average molecular weight is 439 g/mol. The number of benzene rings is 2. The topological polar surface area (TPSA) is 78.8 Å². The monoisotopic (exact) mass is 439 g/mol. The minimum Gasteiger partial charge on any atom is -0.428 e. The number of ether oxygens (including phenoxy) is 1. The first kappa shape index (κ1) is 20.8. The second kappa shape index (κ2) is 8.09. The molecule has 1 aliphatic heterocycles. The van der Waals surface area contributed by atoms with Gasteiger partial charge in [-0.3, -0.25) is 14.8 Å². The third kappa shape index (κ3) is 3.68. The Morgan fingerprint density at radius 1 is 1.06 bits per heavy atom. The van der Waals surface area contributed by atoms with Crippen molar-refractivity contribution in [3.05, 3.63) is 64.4 Å². The van der Waals surface area contributed by atoms with E-state index in [4.69, 9.17) is 9.15 Å². The minimum atomic E-state index is -0.525. The Balaban J connectivity index is 1.27. The zero-order valence-electron chi connectivity index (χ0n) is 18.1. The van der Waals surface area contributed by atoms with Crippen molar-refractivity contribution >= 4 is 22.9 Å². The molecule has 2 fully saturated rings. The van der Waals surface area contributed by atoms with E-state index in [0.717, 1.165) is 25.7 Å². The van der Waals surface area contributed by atoms with Gasteiger partial charge < -0.3 is 9.15 Å². The van der Waals surface area contributed by atoms with Crippen molar-refractivity contribution in [2.45, 2.75) is 56.8 Å². The van der Waals surface area contributed by atoms with E-state index in [1.807, 2.05) is 26.1 Å². The van der Waals surface area contributed by atoms with E-state index in [9.17, 15) is 14.0 Å². The normalized spacial score (nSPS) is 26.1.